The number of rotatable bonds is 4. The van der Waals surface area contributed by atoms with Crippen molar-refractivity contribution in [1.29, 1.82) is 0 Å². The van der Waals surface area contributed by atoms with Crippen molar-refractivity contribution in [2.75, 3.05) is 11.9 Å². The van der Waals surface area contributed by atoms with Crippen LogP contribution in [0.3, 0.4) is 0 Å². The van der Waals surface area contributed by atoms with Crippen molar-refractivity contribution >= 4 is 22.8 Å². The molecule has 124 valence electrons. The van der Waals surface area contributed by atoms with Crippen LogP contribution in [0.15, 0.2) is 51.7 Å². The Balaban J connectivity index is 1.57. The zero-order valence-electron chi connectivity index (χ0n) is 13.1. The van der Waals surface area contributed by atoms with Crippen LogP contribution in [-0.2, 0) is 13.5 Å². The number of hydrogen-bond donors (Lipinski definition) is 3. The predicted octanol–water partition coefficient (Wildman–Crippen LogP) is 2.20. The van der Waals surface area contributed by atoms with Crippen LogP contribution in [0.2, 0.25) is 0 Å². The maximum atomic E-state index is 11.9. The number of carbonyl (C=O) groups is 1. The highest BCUT2D eigenvalue weighted by Crippen LogP contribution is 2.17. The number of aromatic nitrogens is 1. The summed E-state index contributed by atoms with van der Waals surface area (Å²) in [4.78, 5) is 23.4. The molecule has 3 rings (SSSR count). The van der Waals surface area contributed by atoms with E-state index >= 15 is 0 Å². The van der Waals surface area contributed by atoms with Gasteiger partial charge in [-0.25, -0.2) is 9.59 Å². The van der Waals surface area contributed by atoms with E-state index in [4.69, 9.17) is 4.42 Å². The molecular weight excluding hydrogens is 310 g/mol. The van der Waals surface area contributed by atoms with Crippen molar-refractivity contribution in [2.45, 2.75) is 6.42 Å². The van der Waals surface area contributed by atoms with E-state index in [1.165, 1.54) is 4.57 Å². The minimum atomic E-state index is -0.447. The lowest BCUT2D eigenvalue weighted by Gasteiger charge is -2.08. The Morgan fingerprint density at radius 2 is 2.08 bits per heavy atom. The molecule has 0 radical (unpaired) electrons. The molecule has 0 saturated carbocycles. The number of phenols is 1. The van der Waals surface area contributed by atoms with Gasteiger partial charge in [0.15, 0.2) is 5.58 Å². The van der Waals surface area contributed by atoms with Crippen LogP contribution in [0, 0.1) is 0 Å². The van der Waals surface area contributed by atoms with Crippen LogP contribution in [0.1, 0.15) is 5.56 Å². The SMILES string of the molecule is Cn1c(=O)oc2cc(NC(=O)NCCc3cccc(O)c3)ccc21. The first-order valence-corrected chi connectivity index (χ1v) is 7.45. The molecule has 1 aromatic heterocycles. The van der Waals surface area contributed by atoms with Gasteiger partial charge in [0.05, 0.1) is 5.52 Å². The summed E-state index contributed by atoms with van der Waals surface area (Å²) in [7, 11) is 1.62. The molecule has 0 aliphatic carbocycles. The van der Waals surface area contributed by atoms with Gasteiger partial charge in [-0.1, -0.05) is 12.1 Å². The summed E-state index contributed by atoms with van der Waals surface area (Å²) < 4.78 is 6.48. The fraction of sp³-hybridized carbons (Fsp3) is 0.176. The molecule has 24 heavy (non-hydrogen) atoms. The van der Waals surface area contributed by atoms with Crippen LogP contribution in [0.25, 0.3) is 11.1 Å². The molecule has 3 N–H and O–H groups in total. The molecule has 0 unspecified atom stereocenters. The molecule has 1 heterocycles. The first-order chi connectivity index (χ1) is 11.5. The number of aryl methyl sites for hydroxylation is 1. The largest absolute Gasteiger partial charge is 0.508 e. The van der Waals surface area contributed by atoms with Crippen molar-refractivity contribution in [3.05, 3.63) is 58.6 Å². The normalized spacial score (nSPS) is 10.7. The molecule has 7 nitrogen and oxygen atoms in total. The molecule has 0 aliphatic heterocycles. The number of hydrogen-bond acceptors (Lipinski definition) is 4. The molecule has 0 aliphatic rings. The Bertz CT molecular complexity index is 942. The summed E-state index contributed by atoms with van der Waals surface area (Å²) in [5, 5.41) is 14.8. The van der Waals surface area contributed by atoms with E-state index in [1.807, 2.05) is 6.07 Å². The summed E-state index contributed by atoms with van der Waals surface area (Å²) in [5.41, 5.74) is 2.55. The van der Waals surface area contributed by atoms with Gasteiger partial charge < -0.3 is 20.2 Å². The highest BCUT2D eigenvalue weighted by molar-refractivity contribution is 5.91. The van der Waals surface area contributed by atoms with Gasteiger partial charge in [0.1, 0.15) is 5.75 Å². The Kier molecular flexibility index (Phi) is 4.24. The Labute approximate surface area is 137 Å². The quantitative estimate of drug-likeness (QED) is 0.684. The summed E-state index contributed by atoms with van der Waals surface area (Å²) in [6.07, 6.45) is 0.606. The topological polar surface area (TPSA) is 96.5 Å². The lowest BCUT2D eigenvalue weighted by atomic mass is 10.1. The molecule has 0 saturated heterocycles. The van der Waals surface area contributed by atoms with E-state index in [2.05, 4.69) is 10.6 Å². The highest BCUT2D eigenvalue weighted by atomic mass is 16.4. The molecule has 0 fully saturated rings. The van der Waals surface area contributed by atoms with E-state index < -0.39 is 5.76 Å². The molecule has 3 aromatic rings. The number of anilines is 1. The number of benzene rings is 2. The van der Waals surface area contributed by atoms with Crippen molar-refractivity contribution < 1.29 is 14.3 Å². The number of amides is 2. The second kappa shape index (κ2) is 6.49. The average molecular weight is 327 g/mol. The van der Waals surface area contributed by atoms with E-state index in [1.54, 1.807) is 43.4 Å². The number of oxazole rings is 1. The van der Waals surface area contributed by atoms with Crippen molar-refractivity contribution in [3.8, 4) is 5.75 Å². The molecule has 0 spiro atoms. The average Bonchev–Trinajstić information content (AvgIpc) is 2.81. The lowest BCUT2D eigenvalue weighted by Crippen LogP contribution is -2.30. The van der Waals surface area contributed by atoms with Gasteiger partial charge in [0.25, 0.3) is 0 Å². The maximum absolute atomic E-state index is 11.9. The van der Waals surface area contributed by atoms with E-state index in [9.17, 15) is 14.7 Å². The Morgan fingerprint density at radius 1 is 1.25 bits per heavy atom. The third-order valence-electron chi connectivity index (χ3n) is 3.66. The number of nitrogens with one attached hydrogen (secondary N) is 2. The molecular formula is C17H17N3O4. The van der Waals surface area contributed by atoms with Crippen LogP contribution < -0.4 is 16.4 Å². The van der Waals surface area contributed by atoms with Gasteiger partial charge in [-0.05, 0) is 36.2 Å². The van der Waals surface area contributed by atoms with Gasteiger partial charge in [-0.2, -0.15) is 0 Å². The lowest BCUT2D eigenvalue weighted by molar-refractivity contribution is 0.252. The first kappa shape index (κ1) is 15.7. The number of carbonyl (C=O) groups excluding carboxylic acids is 1. The Morgan fingerprint density at radius 3 is 2.88 bits per heavy atom. The van der Waals surface area contributed by atoms with Gasteiger partial charge in [0, 0.05) is 25.3 Å². The zero-order chi connectivity index (χ0) is 17.1. The number of phenolic OH excluding ortho intramolecular Hbond substituents is 1. The monoisotopic (exact) mass is 327 g/mol. The highest BCUT2D eigenvalue weighted by Gasteiger charge is 2.08. The fourth-order valence-electron chi connectivity index (χ4n) is 2.42. The molecule has 0 atom stereocenters. The summed E-state index contributed by atoms with van der Waals surface area (Å²) in [6.45, 7) is 0.429. The molecule has 2 amide bonds. The van der Waals surface area contributed by atoms with Crippen LogP contribution in [-0.4, -0.2) is 22.2 Å². The van der Waals surface area contributed by atoms with Crippen LogP contribution in [0.5, 0.6) is 5.75 Å². The third kappa shape index (κ3) is 3.40. The zero-order valence-corrected chi connectivity index (χ0v) is 13.1. The van der Waals surface area contributed by atoms with Crippen molar-refractivity contribution in [3.63, 3.8) is 0 Å². The van der Waals surface area contributed by atoms with Gasteiger partial charge in [-0.15, -0.1) is 0 Å². The number of nitrogens with zero attached hydrogens (tertiary/aromatic N) is 1. The first-order valence-electron chi connectivity index (χ1n) is 7.45. The third-order valence-corrected chi connectivity index (χ3v) is 3.66. The van der Waals surface area contributed by atoms with Gasteiger partial charge in [-0.3, -0.25) is 4.57 Å². The Hall–Kier alpha value is -3.22. The summed E-state index contributed by atoms with van der Waals surface area (Å²) >= 11 is 0. The summed E-state index contributed by atoms with van der Waals surface area (Å²) in [5.74, 6) is -0.243. The number of fused-ring (bicyclic) bond motifs is 1. The fourth-order valence-corrected chi connectivity index (χ4v) is 2.42. The smallest absolute Gasteiger partial charge is 0.419 e. The molecule has 2 aromatic carbocycles. The van der Waals surface area contributed by atoms with Crippen LogP contribution >= 0.6 is 0 Å². The molecule has 0 bridgehead atoms. The second-order valence-electron chi connectivity index (χ2n) is 5.41. The number of aromatic hydroxyl groups is 1. The number of urea groups is 1. The van der Waals surface area contributed by atoms with Crippen molar-refractivity contribution in [1.82, 2.24) is 9.88 Å². The molecule has 7 heteroatoms. The van der Waals surface area contributed by atoms with E-state index in [0.29, 0.717) is 29.8 Å². The van der Waals surface area contributed by atoms with Gasteiger partial charge >= 0.3 is 11.8 Å². The summed E-state index contributed by atoms with van der Waals surface area (Å²) in [6, 6.07) is 11.6. The van der Waals surface area contributed by atoms with Crippen molar-refractivity contribution in [2.24, 2.45) is 7.05 Å². The van der Waals surface area contributed by atoms with E-state index in [-0.39, 0.29) is 11.8 Å². The minimum absolute atomic E-state index is 0.203. The second-order valence-corrected chi connectivity index (χ2v) is 5.41. The van der Waals surface area contributed by atoms with Gasteiger partial charge in [0.2, 0.25) is 0 Å². The maximum Gasteiger partial charge on any atom is 0.419 e. The van der Waals surface area contributed by atoms with E-state index in [0.717, 1.165) is 5.56 Å². The van der Waals surface area contributed by atoms with Crippen LogP contribution in [0.4, 0.5) is 10.5 Å². The minimum Gasteiger partial charge on any atom is -0.508 e. The standard InChI is InChI=1S/C17H17N3O4/c1-20-14-6-5-12(10-15(14)24-17(20)23)19-16(22)18-8-7-11-3-2-4-13(21)9-11/h2-6,9-10,21H,7-8H2,1H3,(H2,18,19,22). The predicted molar refractivity (Wildman–Crippen MR) is 90.3 cm³/mol.